The van der Waals surface area contributed by atoms with Crippen LogP contribution in [0.25, 0.3) is 0 Å². The van der Waals surface area contributed by atoms with E-state index in [0.717, 1.165) is 25.2 Å². The Hall–Kier alpha value is 0.0700. The molecule has 0 amide bonds. The van der Waals surface area contributed by atoms with Crippen LogP contribution in [0.4, 0.5) is 0 Å². The zero-order valence-corrected chi connectivity index (χ0v) is 12.7. The predicted molar refractivity (Wildman–Crippen MR) is 76.3 cm³/mol. The first-order valence-corrected chi connectivity index (χ1v) is 8.99. The average Bonchev–Trinajstić information content (AvgIpc) is 2.22. The van der Waals surface area contributed by atoms with Crippen molar-refractivity contribution in [2.45, 2.75) is 64.1 Å². The fourth-order valence-electron chi connectivity index (χ4n) is 3.44. The molecule has 4 unspecified atom stereocenters. The van der Waals surface area contributed by atoms with E-state index in [1.807, 2.05) is 0 Å². The largest absolute Gasteiger partial charge is 0.378 e. The zero-order valence-electron chi connectivity index (χ0n) is 11.9. The molecule has 2 fully saturated rings. The maximum Gasteiger partial charge on any atom is 0.0661 e. The van der Waals surface area contributed by atoms with Crippen molar-refractivity contribution in [3.8, 4) is 0 Å². The molecule has 4 atom stereocenters. The van der Waals surface area contributed by atoms with Crippen LogP contribution in [0.5, 0.6) is 0 Å². The standard InChI is InChI=1S/C14H27NO2S/c1-4-17-13-10-12(14(13)7-5-8-14)15-11(2)6-9-18(3)16/h11-13,15H,4-10H2,1-3H3. The van der Waals surface area contributed by atoms with Crippen molar-refractivity contribution >= 4 is 10.8 Å². The Morgan fingerprint density at radius 3 is 2.72 bits per heavy atom. The molecule has 18 heavy (non-hydrogen) atoms. The number of rotatable bonds is 7. The van der Waals surface area contributed by atoms with Gasteiger partial charge < -0.3 is 10.1 Å². The summed E-state index contributed by atoms with van der Waals surface area (Å²) in [5.74, 6) is 0.808. The minimum atomic E-state index is -0.667. The molecule has 0 aromatic rings. The Morgan fingerprint density at radius 1 is 1.50 bits per heavy atom. The van der Waals surface area contributed by atoms with Gasteiger partial charge in [-0.1, -0.05) is 6.42 Å². The van der Waals surface area contributed by atoms with Gasteiger partial charge in [0.2, 0.25) is 0 Å². The maximum atomic E-state index is 11.1. The van der Waals surface area contributed by atoms with E-state index in [-0.39, 0.29) is 0 Å². The Labute approximate surface area is 114 Å². The van der Waals surface area contributed by atoms with Crippen LogP contribution in [0.3, 0.4) is 0 Å². The van der Waals surface area contributed by atoms with Crippen LogP contribution in [-0.2, 0) is 15.5 Å². The van der Waals surface area contributed by atoms with E-state index in [1.165, 1.54) is 19.3 Å². The number of nitrogens with one attached hydrogen (secondary N) is 1. The fraction of sp³-hybridized carbons (Fsp3) is 1.00. The molecule has 1 N–H and O–H groups in total. The molecule has 0 heterocycles. The molecule has 4 heteroatoms. The second-order valence-corrected chi connectivity index (χ2v) is 7.51. The molecule has 106 valence electrons. The second kappa shape index (κ2) is 6.02. The molecule has 0 radical (unpaired) electrons. The van der Waals surface area contributed by atoms with E-state index in [0.29, 0.717) is 23.6 Å². The van der Waals surface area contributed by atoms with Crippen molar-refractivity contribution in [3.05, 3.63) is 0 Å². The molecule has 0 aliphatic heterocycles. The Morgan fingerprint density at radius 2 is 2.22 bits per heavy atom. The minimum absolute atomic E-state index is 0.440. The molecule has 0 aromatic heterocycles. The molecule has 0 bridgehead atoms. The molecule has 1 spiro atoms. The van der Waals surface area contributed by atoms with Crippen LogP contribution in [0.1, 0.15) is 46.0 Å². The summed E-state index contributed by atoms with van der Waals surface area (Å²) in [6.07, 6.45) is 8.44. The van der Waals surface area contributed by atoms with Crippen molar-refractivity contribution in [2.24, 2.45) is 5.41 Å². The first kappa shape index (κ1) is 14.5. The summed E-state index contributed by atoms with van der Waals surface area (Å²) < 4.78 is 17.0. The van der Waals surface area contributed by atoms with Crippen LogP contribution in [0, 0.1) is 5.41 Å². The SMILES string of the molecule is CCOC1CC(NC(C)CCS(C)=O)C12CCC2. The van der Waals surface area contributed by atoms with E-state index in [4.69, 9.17) is 4.74 Å². The summed E-state index contributed by atoms with van der Waals surface area (Å²) in [6.45, 7) is 5.14. The van der Waals surface area contributed by atoms with Gasteiger partial charge in [0, 0.05) is 46.9 Å². The summed E-state index contributed by atoms with van der Waals surface area (Å²) in [5.41, 5.74) is 0.440. The van der Waals surface area contributed by atoms with Crippen LogP contribution in [0.15, 0.2) is 0 Å². The van der Waals surface area contributed by atoms with Gasteiger partial charge in [-0.05, 0) is 39.5 Å². The summed E-state index contributed by atoms with van der Waals surface area (Å²) in [4.78, 5) is 0. The van der Waals surface area contributed by atoms with Gasteiger partial charge in [0.05, 0.1) is 6.10 Å². The number of hydrogen-bond donors (Lipinski definition) is 1. The van der Waals surface area contributed by atoms with Gasteiger partial charge in [0.15, 0.2) is 0 Å². The van der Waals surface area contributed by atoms with Crippen molar-refractivity contribution < 1.29 is 8.95 Å². The van der Waals surface area contributed by atoms with Gasteiger partial charge in [-0.25, -0.2) is 0 Å². The van der Waals surface area contributed by atoms with E-state index in [1.54, 1.807) is 6.26 Å². The lowest BCUT2D eigenvalue weighted by atomic mass is 9.51. The normalized spacial score (nSPS) is 32.6. The fourth-order valence-corrected chi connectivity index (χ4v) is 4.13. The minimum Gasteiger partial charge on any atom is -0.378 e. The quantitative estimate of drug-likeness (QED) is 0.772. The highest BCUT2D eigenvalue weighted by Crippen LogP contribution is 2.57. The summed E-state index contributed by atoms with van der Waals surface area (Å²) >= 11 is 0. The lowest BCUT2D eigenvalue weighted by Gasteiger charge is -2.61. The Kier molecular flexibility index (Phi) is 4.84. The van der Waals surface area contributed by atoms with E-state index < -0.39 is 10.8 Å². The third kappa shape index (κ3) is 2.81. The van der Waals surface area contributed by atoms with Crippen molar-refractivity contribution in [3.63, 3.8) is 0 Å². The van der Waals surface area contributed by atoms with Gasteiger partial charge >= 0.3 is 0 Å². The van der Waals surface area contributed by atoms with Gasteiger partial charge in [-0.3, -0.25) is 4.21 Å². The Bertz CT molecular complexity index is 304. The lowest BCUT2D eigenvalue weighted by Crippen LogP contribution is -2.68. The smallest absolute Gasteiger partial charge is 0.0661 e. The molecule has 2 aliphatic rings. The van der Waals surface area contributed by atoms with Crippen LogP contribution in [-0.4, -0.2) is 41.0 Å². The maximum absolute atomic E-state index is 11.1. The van der Waals surface area contributed by atoms with Crippen molar-refractivity contribution in [1.82, 2.24) is 5.32 Å². The van der Waals surface area contributed by atoms with Crippen LogP contribution < -0.4 is 5.32 Å². The molecule has 2 saturated carbocycles. The highest BCUT2D eigenvalue weighted by Gasteiger charge is 2.58. The van der Waals surface area contributed by atoms with E-state index in [2.05, 4.69) is 19.2 Å². The molecular formula is C14H27NO2S. The van der Waals surface area contributed by atoms with E-state index >= 15 is 0 Å². The molecule has 0 saturated heterocycles. The molecule has 3 nitrogen and oxygen atoms in total. The summed E-state index contributed by atoms with van der Waals surface area (Å²) in [5, 5.41) is 3.74. The van der Waals surface area contributed by atoms with E-state index in [9.17, 15) is 4.21 Å². The van der Waals surface area contributed by atoms with Crippen molar-refractivity contribution in [1.29, 1.82) is 0 Å². The van der Waals surface area contributed by atoms with Crippen LogP contribution >= 0.6 is 0 Å². The first-order valence-electron chi connectivity index (χ1n) is 7.26. The number of hydrogen-bond acceptors (Lipinski definition) is 3. The average molecular weight is 273 g/mol. The van der Waals surface area contributed by atoms with Gasteiger partial charge in [-0.2, -0.15) is 0 Å². The predicted octanol–water partition coefficient (Wildman–Crippen LogP) is 2.08. The highest BCUT2D eigenvalue weighted by molar-refractivity contribution is 7.84. The summed E-state index contributed by atoms with van der Waals surface area (Å²) in [6, 6.07) is 1.10. The first-order chi connectivity index (χ1) is 8.58. The summed E-state index contributed by atoms with van der Waals surface area (Å²) in [7, 11) is -0.667. The van der Waals surface area contributed by atoms with Gasteiger partial charge in [0.1, 0.15) is 0 Å². The lowest BCUT2D eigenvalue weighted by molar-refractivity contribution is -0.174. The van der Waals surface area contributed by atoms with Gasteiger partial charge in [0.25, 0.3) is 0 Å². The van der Waals surface area contributed by atoms with Crippen LogP contribution in [0.2, 0.25) is 0 Å². The molecule has 2 rings (SSSR count). The third-order valence-electron chi connectivity index (χ3n) is 4.76. The topological polar surface area (TPSA) is 38.3 Å². The highest BCUT2D eigenvalue weighted by atomic mass is 32.2. The second-order valence-electron chi connectivity index (χ2n) is 5.95. The monoisotopic (exact) mass is 273 g/mol. The van der Waals surface area contributed by atoms with Crippen molar-refractivity contribution in [2.75, 3.05) is 18.6 Å². The van der Waals surface area contributed by atoms with Gasteiger partial charge in [-0.15, -0.1) is 0 Å². The number of ether oxygens (including phenoxy) is 1. The molecular weight excluding hydrogens is 246 g/mol. The zero-order chi connectivity index (χ0) is 13.2. The third-order valence-corrected chi connectivity index (χ3v) is 5.57. The Balaban J connectivity index is 1.78. The molecule has 2 aliphatic carbocycles. The molecule has 0 aromatic carbocycles.